The average molecular weight is 478 g/mol. The van der Waals surface area contributed by atoms with Crippen LogP contribution in [0.25, 0.3) is 6.08 Å². The second-order valence-electron chi connectivity index (χ2n) is 7.09. The van der Waals surface area contributed by atoms with Crippen LogP contribution in [0.4, 0.5) is 0 Å². The van der Waals surface area contributed by atoms with Gasteiger partial charge in [-0.25, -0.2) is 0 Å². The van der Waals surface area contributed by atoms with Crippen molar-refractivity contribution < 1.29 is 4.74 Å². The van der Waals surface area contributed by atoms with Crippen LogP contribution in [0.3, 0.4) is 0 Å². The Morgan fingerprint density at radius 2 is 1.70 bits per heavy atom. The van der Waals surface area contributed by atoms with Gasteiger partial charge >= 0.3 is 0 Å². The van der Waals surface area contributed by atoms with Crippen LogP contribution in [0.1, 0.15) is 36.3 Å². The highest BCUT2D eigenvalue weighted by Crippen LogP contribution is 2.49. The molecule has 0 fully saturated rings. The lowest BCUT2D eigenvalue weighted by atomic mass is 9.77. The number of nitriles is 1. The fraction of sp³-hybridized carbons (Fsp3) is 0.174. The topological polar surface area (TPSA) is 59.0 Å². The third-order valence-electron chi connectivity index (χ3n) is 5.31. The highest BCUT2D eigenvalue weighted by molar-refractivity contribution is 6.43. The van der Waals surface area contributed by atoms with Crippen LogP contribution >= 0.6 is 46.4 Å². The van der Waals surface area contributed by atoms with Crippen LogP contribution in [-0.2, 0) is 4.74 Å². The van der Waals surface area contributed by atoms with Crippen molar-refractivity contribution in [2.45, 2.75) is 25.2 Å². The van der Waals surface area contributed by atoms with E-state index >= 15 is 0 Å². The van der Waals surface area contributed by atoms with Crippen molar-refractivity contribution in [2.24, 2.45) is 5.73 Å². The van der Waals surface area contributed by atoms with E-state index in [4.69, 9.17) is 56.9 Å². The molecule has 3 nitrogen and oxygen atoms in total. The number of allylic oxidation sites excluding steroid dienone is 3. The number of nitrogens with two attached hydrogens (primary N) is 1. The van der Waals surface area contributed by atoms with Crippen molar-refractivity contribution in [3.05, 3.63) is 96.0 Å². The van der Waals surface area contributed by atoms with E-state index in [0.717, 1.165) is 41.5 Å². The SMILES string of the molecule is N#CC1=C(N)OC2=C(CCC/C2=C\c2cccc(Cl)c2Cl)C1c1cccc(Cl)c1Cl. The Kier molecular flexibility index (Phi) is 6.04. The highest BCUT2D eigenvalue weighted by Gasteiger charge is 2.36. The van der Waals surface area contributed by atoms with Crippen LogP contribution in [-0.4, -0.2) is 0 Å². The van der Waals surface area contributed by atoms with Gasteiger partial charge in [-0.1, -0.05) is 70.7 Å². The largest absolute Gasteiger partial charge is 0.440 e. The van der Waals surface area contributed by atoms with Gasteiger partial charge in [-0.3, -0.25) is 0 Å². The Morgan fingerprint density at radius 3 is 2.43 bits per heavy atom. The molecule has 1 aliphatic heterocycles. The van der Waals surface area contributed by atoms with Crippen LogP contribution in [0.2, 0.25) is 20.1 Å². The first kappa shape index (κ1) is 21.2. The standard InChI is InChI=1S/C23H16Cl4N2O/c24-17-8-2-4-12(20(17)26)10-13-5-1-7-15-19(14-6-3-9-18(25)21(14)27)16(11-28)23(29)30-22(13)15/h2-4,6,8-10,19H,1,5,7,29H2/b13-10+. The third-order valence-corrected chi connectivity index (χ3v) is 6.98. The maximum atomic E-state index is 9.80. The molecular formula is C23H16Cl4N2O. The van der Waals surface area contributed by atoms with Crippen molar-refractivity contribution in [3.63, 3.8) is 0 Å². The second-order valence-corrected chi connectivity index (χ2v) is 8.66. The Hall–Kier alpha value is -2.09. The van der Waals surface area contributed by atoms with Gasteiger partial charge in [0.25, 0.3) is 0 Å². The van der Waals surface area contributed by atoms with Crippen LogP contribution in [0, 0.1) is 11.3 Å². The predicted molar refractivity (Wildman–Crippen MR) is 122 cm³/mol. The zero-order valence-corrected chi connectivity index (χ0v) is 18.7. The molecule has 0 aromatic heterocycles. The second kappa shape index (κ2) is 8.57. The van der Waals surface area contributed by atoms with Crippen LogP contribution in [0.15, 0.2) is 64.8 Å². The normalized spacial score (nSPS) is 20.1. The summed E-state index contributed by atoms with van der Waals surface area (Å²) in [7, 11) is 0. The average Bonchev–Trinajstić information content (AvgIpc) is 2.73. The summed E-state index contributed by atoms with van der Waals surface area (Å²) in [6.07, 6.45) is 4.39. The molecule has 4 rings (SSSR count). The summed E-state index contributed by atoms with van der Waals surface area (Å²) in [6.45, 7) is 0. The molecule has 2 aromatic carbocycles. The molecule has 0 spiro atoms. The molecule has 30 heavy (non-hydrogen) atoms. The number of ether oxygens (including phenoxy) is 1. The minimum atomic E-state index is -0.413. The summed E-state index contributed by atoms with van der Waals surface area (Å²) in [6, 6.07) is 13.1. The highest BCUT2D eigenvalue weighted by atomic mass is 35.5. The number of benzene rings is 2. The molecule has 0 saturated heterocycles. The molecule has 2 aromatic rings. The Morgan fingerprint density at radius 1 is 1.00 bits per heavy atom. The van der Waals surface area contributed by atoms with E-state index in [-0.39, 0.29) is 5.88 Å². The van der Waals surface area contributed by atoms with Crippen molar-refractivity contribution >= 4 is 52.5 Å². The van der Waals surface area contributed by atoms with Gasteiger partial charge in [0.05, 0.1) is 26.0 Å². The number of rotatable bonds is 2. The van der Waals surface area contributed by atoms with Gasteiger partial charge in [-0.05, 0) is 59.7 Å². The molecule has 152 valence electrons. The van der Waals surface area contributed by atoms with Crippen molar-refractivity contribution in [2.75, 3.05) is 0 Å². The van der Waals surface area contributed by atoms with Crippen molar-refractivity contribution in [1.29, 1.82) is 5.26 Å². The molecule has 1 unspecified atom stereocenters. The maximum absolute atomic E-state index is 9.80. The van der Waals surface area contributed by atoms with Gasteiger partial charge in [-0.15, -0.1) is 0 Å². The number of hydrogen-bond donors (Lipinski definition) is 1. The number of hydrogen-bond acceptors (Lipinski definition) is 3. The minimum absolute atomic E-state index is 0.0716. The van der Waals surface area contributed by atoms with Crippen LogP contribution < -0.4 is 5.73 Å². The number of halogens is 4. The molecule has 1 heterocycles. The van der Waals surface area contributed by atoms with Gasteiger partial charge < -0.3 is 10.5 Å². The lowest BCUT2D eigenvalue weighted by Gasteiger charge is -2.33. The smallest absolute Gasteiger partial charge is 0.205 e. The molecule has 0 amide bonds. The molecule has 1 aliphatic carbocycles. The van der Waals surface area contributed by atoms with Crippen molar-refractivity contribution in [3.8, 4) is 6.07 Å². The van der Waals surface area contributed by atoms with E-state index in [0.29, 0.717) is 31.4 Å². The minimum Gasteiger partial charge on any atom is -0.440 e. The molecule has 0 radical (unpaired) electrons. The summed E-state index contributed by atoms with van der Waals surface area (Å²) in [5, 5.41) is 11.6. The van der Waals surface area contributed by atoms with E-state index in [1.54, 1.807) is 12.1 Å². The molecule has 0 bridgehead atoms. The summed E-state index contributed by atoms with van der Waals surface area (Å²) in [4.78, 5) is 0. The molecule has 0 saturated carbocycles. The monoisotopic (exact) mass is 476 g/mol. The molecule has 2 N–H and O–H groups in total. The fourth-order valence-corrected chi connectivity index (χ4v) is 4.73. The van der Waals surface area contributed by atoms with Crippen molar-refractivity contribution in [1.82, 2.24) is 0 Å². The quantitative estimate of drug-likeness (QED) is 0.483. The zero-order valence-electron chi connectivity index (χ0n) is 15.7. The summed E-state index contributed by atoms with van der Waals surface area (Å²) >= 11 is 25.3. The predicted octanol–water partition coefficient (Wildman–Crippen LogP) is 7.63. The zero-order chi connectivity index (χ0) is 21.4. The Labute approximate surface area is 194 Å². The van der Waals surface area contributed by atoms with E-state index < -0.39 is 5.92 Å². The van der Waals surface area contributed by atoms with Crippen LogP contribution in [0.5, 0.6) is 0 Å². The Bertz CT molecular complexity index is 1170. The van der Waals surface area contributed by atoms with E-state index in [1.807, 2.05) is 30.3 Å². The first-order valence-electron chi connectivity index (χ1n) is 9.31. The molecule has 7 heteroatoms. The molecule has 2 aliphatic rings. The third kappa shape index (κ3) is 3.70. The number of nitrogens with zero attached hydrogens (tertiary/aromatic N) is 1. The summed E-state index contributed by atoms with van der Waals surface area (Å²) in [5.41, 5.74) is 9.94. The summed E-state index contributed by atoms with van der Waals surface area (Å²) in [5.74, 6) is 0.320. The maximum Gasteiger partial charge on any atom is 0.205 e. The van der Waals surface area contributed by atoms with E-state index in [2.05, 4.69) is 6.07 Å². The molecule has 1 atom stereocenters. The lowest BCUT2D eigenvalue weighted by Crippen LogP contribution is -2.24. The van der Waals surface area contributed by atoms with Gasteiger partial charge in [-0.2, -0.15) is 5.26 Å². The van der Waals surface area contributed by atoms with Gasteiger partial charge in [0.2, 0.25) is 5.88 Å². The van der Waals surface area contributed by atoms with E-state index in [9.17, 15) is 5.26 Å². The molecular weight excluding hydrogens is 462 g/mol. The Balaban J connectivity index is 1.90. The lowest BCUT2D eigenvalue weighted by molar-refractivity contribution is 0.277. The fourth-order valence-electron chi connectivity index (χ4n) is 3.95. The summed E-state index contributed by atoms with van der Waals surface area (Å²) < 4.78 is 5.96. The first-order valence-corrected chi connectivity index (χ1v) is 10.8. The van der Waals surface area contributed by atoms with E-state index in [1.165, 1.54) is 0 Å². The van der Waals surface area contributed by atoms with Gasteiger partial charge in [0, 0.05) is 0 Å². The van der Waals surface area contributed by atoms with Gasteiger partial charge in [0.1, 0.15) is 17.4 Å². The first-order chi connectivity index (χ1) is 14.4. The van der Waals surface area contributed by atoms with Gasteiger partial charge in [0.15, 0.2) is 0 Å².